The molecular weight excluding hydrogens is 284 g/mol. The van der Waals surface area contributed by atoms with Gasteiger partial charge in [-0.3, -0.25) is 9.59 Å². The van der Waals surface area contributed by atoms with Gasteiger partial charge in [0.25, 0.3) is 0 Å². The highest BCUT2D eigenvalue weighted by Gasteiger charge is 2.61. The largest absolute Gasteiger partial charge is 0.481 e. The van der Waals surface area contributed by atoms with Gasteiger partial charge in [0, 0.05) is 5.54 Å². The van der Waals surface area contributed by atoms with Crippen LogP contribution in [0.4, 0.5) is 26.3 Å². The highest BCUT2D eigenvalue weighted by atomic mass is 19.4. The second-order valence-corrected chi connectivity index (χ2v) is 4.46. The van der Waals surface area contributed by atoms with Crippen LogP contribution in [0, 0.1) is 5.92 Å². The van der Waals surface area contributed by atoms with Crippen molar-refractivity contribution >= 4 is 11.9 Å². The van der Waals surface area contributed by atoms with E-state index in [0.29, 0.717) is 0 Å². The Morgan fingerprint density at radius 2 is 1.42 bits per heavy atom. The lowest BCUT2D eigenvalue weighted by Crippen LogP contribution is -2.54. The number of carboxylic acids is 1. The van der Waals surface area contributed by atoms with Crippen LogP contribution in [0.5, 0.6) is 0 Å². The molecule has 0 aliphatic heterocycles. The van der Waals surface area contributed by atoms with E-state index in [2.05, 4.69) is 0 Å². The molecule has 2 N–H and O–H groups in total. The Bertz CT molecular complexity index is 346. The first-order chi connectivity index (χ1) is 8.17. The van der Waals surface area contributed by atoms with E-state index in [-0.39, 0.29) is 0 Å². The second kappa shape index (κ2) is 5.25. The monoisotopic (exact) mass is 295 g/mol. The Kier molecular flexibility index (Phi) is 4.84. The number of aliphatic carboxylic acids is 1. The molecule has 0 radical (unpaired) electrons. The zero-order chi connectivity index (χ0) is 15.6. The molecule has 19 heavy (non-hydrogen) atoms. The quantitative estimate of drug-likeness (QED) is 0.781. The van der Waals surface area contributed by atoms with Crippen LogP contribution >= 0.6 is 0 Å². The third-order valence-electron chi connectivity index (χ3n) is 1.97. The summed E-state index contributed by atoms with van der Waals surface area (Å²) >= 11 is 0. The first-order valence-electron chi connectivity index (χ1n) is 4.84. The van der Waals surface area contributed by atoms with E-state index >= 15 is 0 Å². The zero-order valence-electron chi connectivity index (χ0n) is 9.82. The molecule has 4 nitrogen and oxygen atoms in total. The first-order valence-corrected chi connectivity index (χ1v) is 4.84. The highest BCUT2D eigenvalue weighted by Crippen LogP contribution is 2.39. The third kappa shape index (κ3) is 5.79. The van der Waals surface area contributed by atoms with Gasteiger partial charge in [-0.2, -0.15) is 26.3 Å². The molecule has 1 amide bonds. The predicted molar refractivity (Wildman–Crippen MR) is 50.1 cm³/mol. The molecule has 0 unspecified atom stereocenters. The number of hydrogen-bond acceptors (Lipinski definition) is 2. The van der Waals surface area contributed by atoms with E-state index in [9.17, 15) is 35.9 Å². The Balaban J connectivity index is 5.11. The molecule has 0 spiro atoms. The molecule has 0 bridgehead atoms. The van der Waals surface area contributed by atoms with Gasteiger partial charge in [0.15, 0.2) is 0 Å². The van der Waals surface area contributed by atoms with Gasteiger partial charge >= 0.3 is 18.3 Å². The Morgan fingerprint density at radius 3 is 1.68 bits per heavy atom. The minimum absolute atomic E-state index is 0.818. The fraction of sp³-hybridized carbons (Fsp3) is 0.778. The van der Waals surface area contributed by atoms with Crippen LogP contribution in [0.2, 0.25) is 0 Å². The standard InChI is InChI=1S/C9H11F6NO3/c1-7(2,3-4(17)18)16-6(19)5(8(10,11)12)9(13,14)15/h5H,3H2,1-2H3,(H,16,19)(H,17,18). The third-order valence-corrected chi connectivity index (χ3v) is 1.97. The van der Waals surface area contributed by atoms with Gasteiger partial charge in [0.1, 0.15) is 0 Å². The van der Waals surface area contributed by atoms with Gasteiger partial charge in [-0.1, -0.05) is 0 Å². The van der Waals surface area contributed by atoms with Crippen LogP contribution in [0.25, 0.3) is 0 Å². The minimum Gasteiger partial charge on any atom is -0.481 e. The van der Waals surface area contributed by atoms with Crippen LogP contribution in [0.15, 0.2) is 0 Å². The molecule has 10 heteroatoms. The molecule has 112 valence electrons. The lowest BCUT2D eigenvalue weighted by Gasteiger charge is -2.29. The van der Waals surface area contributed by atoms with Gasteiger partial charge in [-0.25, -0.2) is 0 Å². The number of amides is 1. The van der Waals surface area contributed by atoms with Crippen LogP contribution in [-0.4, -0.2) is 34.9 Å². The number of carbonyl (C=O) groups is 2. The first kappa shape index (κ1) is 17.5. The number of alkyl halides is 6. The summed E-state index contributed by atoms with van der Waals surface area (Å²) in [5, 5.41) is 9.87. The smallest absolute Gasteiger partial charge is 0.409 e. The maximum absolute atomic E-state index is 12.2. The number of hydrogen-bond donors (Lipinski definition) is 2. The van der Waals surface area contributed by atoms with Crippen molar-refractivity contribution in [3.8, 4) is 0 Å². The fourth-order valence-corrected chi connectivity index (χ4v) is 1.31. The van der Waals surface area contributed by atoms with Crippen molar-refractivity contribution in [1.82, 2.24) is 5.32 Å². The average molecular weight is 295 g/mol. The summed E-state index contributed by atoms with van der Waals surface area (Å²) in [6.07, 6.45) is -12.4. The summed E-state index contributed by atoms with van der Waals surface area (Å²) in [5.41, 5.74) is -1.74. The molecule has 0 atom stereocenters. The van der Waals surface area contributed by atoms with Crippen molar-refractivity contribution in [3.05, 3.63) is 0 Å². The maximum Gasteiger partial charge on any atom is 0.409 e. The van der Waals surface area contributed by atoms with Crippen molar-refractivity contribution in [2.24, 2.45) is 5.92 Å². The number of rotatable bonds is 4. The van der Waals surface area contributed by atoms with Crippen molar-refractivity contribution in [2.75, 3.05) is 0 Å². The Labute approximate surface area is 103 Å². The van der Waals surface area contributed by atoms with Gasteiger partial charge in [-0.05, 0) is 13.8 Å². The van der Waals surface area contributed by atoms with Crippen LogP contribution < -0.4 is 5.32 Å². The Morgan fingerprint density at radius 1 is 1.05 bits per heavy atom. The average Bonchev–Trinajstić information content (AvgIpc) is 1.90. The summed E-state index contributed by atoms with van der Waals surface area (Å²) in [7, 11) is 0. The number of halogens is 6. The summed E-state index contributed by atoms with van der Waals surface area (Å²) in [5.74, 6) is -7.99. The topological polar surface area (TPSA) is 66.4 Å². The van der Waals surface area contributed by atoms with Crippen molar-refractivity contribution in [2.45, 2.75) is 38.2 Å². The molecule has 0 aromatic heterocycles. The summed E-state index contributed by atoms with van der Waals surface area (Å²) in [4.78, 5) is 21.5. The van der Waals surface area contributed by atoms with Gasteiger partial charge in [0.2, 0.25) is 11.8 Å². The number of nitrogens with one attached hydrogen (secondary N) is 1. The van der Waals surface area contributed by atoms with Crippen molar-refractivity contribution in [1.29, 1.82) is 0 Å². The predicted octanol–water partition coefficient (Wildman–Crippen LogP) is 2.10. The number of carboxylic acid groups (broad SMARTS) is 1. The molecule has 0 aromatic rings. The molecule has 0 saturated heterocycles. The minimum atomic E-state index is -5.80. The van der Waals surface area contributed by atoms with E-state index in [1.807, 2.05) is 0 Å². The van der Waals surface area contributed by atoms with Crippen LogP contribution in [0.3, 0.4) is 0 Å². The van der Waals surface area contributed by atoms with Gasteiger partial charge in [0.05, 0.1) is 6.42 Å². The Hall–Kier alpha value is -1.48. The fourth-order valence-electron chi connectivity index (χ4n) is 1.31. The van der Waals surface area contributed by atoms with E-state index in [0.717, 1.165) is 13.8 Å². The molecule has 0 aromatic carbocycles. The van der Waals surface area contributed by atoms with E-state index < -0.39 is 42.1 Å². The van der Waals surface area contributed by atoms with E-state index in [1.165, 1.54) is 5.32 Å². The molecular formula is C9H11F6NO3. The molecule has 0 aliphatic carbocycles. The second-order valence-electron chi connectivity index (χ2n) is 4.46. The van der Waals surface area contributed by atoms with Crippen LogP contribution in [0.1, 0.15) is 20.3 Å². The van der Waals surface area contributed by atoms with Gasteiger partial charge in [-0.15, -0.1) is 0 Å². The van der Waals surface area contributed by atoms with Crippen molar-refractivity contribution < 1.29 is 41.0 Å². The van der Waals surface area contributed by atoms with E-state index in [4.69, 9.17) is 5.11 Å². The highest BCUT2D eigenvalue weighted by molar-refractivity contribution is 5.81. The van der Waals surface area contributed by atoms with E-state index in [1.54, 1.807) is 0 Å². The van der Waals surface area contributed by atoms with Gasteiger partial charge < -0.3 is 10.4 Å². The summed E-state index contributed by atoms with van der Waals surface area (Å²) in [6, 6.07) is 0. The molecule has 0 heterocycles. The number of carbonyl (C=O) groups excluding carboxylic acids is 1. The molecule has 0 saturated carbocycles. The summed E-state index contributed by atoms with van der Waals surface area (Å²) < 4.78 is 73.2. The maximum atomic E-state index is 12.2. The SMILES string of the molecule is CC(C)(CC(=O)O)NC(=O)C(C(F)(F)F)C(F)(F)F. The van der Waals surface area contributed by atoms with Crippen LogP contribution in [-0.2, 0) is 9.59 Å². The molecule has 0 aliphatic rings. The summed E-state index contributed by atoms with van der Waals surface area (Å²) in [6.45, 7) is 2.01. The zero-order valence-corrected chi connectivity index (χ0v) is 9.82. The lowest BCUT2D eigenvalue weighted by molar-refractivity contribution is -0.274. The van der Waals surface area contributed by atoms with Crippen molar-refractivity contribution in [3.63, 3.8) is 0 Å². The normalized spacial score (nSPS) is 13.5. The lowest BCUT2D eigenvalue weighted by atomic mass is 9.98. The molecule has 0 fully saturated rings. The molecule has 0 rings (SSSR count).